The third-order valence-corrected chi connectivity index (χ3v) is 9.20. The molecule has 0 radical (unpaired) electrons. The molecule has 3 nitrogen and oxygen atoms in total. The first kappa shape index (κ1) is 28.3. The average Bonchev–Trinajstić information content (AvgIpc) is 2.86. The number of rotatable bonds is 10. The van der Waals surface area contributed by atoms with Gasteiger partial charge in [0.2, 0.25) is 0 Å². The van der Waals surface area contributed by atoms with Crippen molar-refractivity contribution >= 4 is 23.1 Å². The Bertz CT molecular complexity index is 1010. The molecule has 0 bridgehead atoms. The number of benzene rings is 2. The van der Waals surface area contributed by atoms with Crippen LogP contribution < -0.4 is 4.90 Å². The molecule has 2 aromatic rings. The predicted octanol–water partition coefficient (Wildman–Crippen LogP) is 8.17. The zero-order chi connectivity index (χ0) is 26.6. The van der Waals surface area contributed by atoms with Crippen molar-refractivity contribution in [1.82, 2.24) is 9.80 Å². The first-order valence-electron chi connectivity index (χ1n) is 13.7. The Balaban J connectivity index is 1.40. The van der Waals surface area contributed by atoms with Crippen LogP contribution in [0.25, 0.3) is 0 Å². The van der Waals surface area contributed by atoms with Gasteiger partial charge >= 0.3 is 6.18 Å². The van der Waals surface area contributed by atoms with Crippen LogP contribution in [-0.2, 0) is 6.18 Å². The van der Waals surface area contributed by atoms with Gasteiger partial charge in [0, 0.05) is 16.3 Å². The largest absolute Gasteiger partial charge is 0.416 e. The summed E-state index contributed by atoms with van der Waals surface area (Å²) in [5.74, 6) is 0.737. The van der Waals surface area contributed by atoms with Gasteiger partial charge < -0.3 is 14.7 Å². The van der Waals surface area contributed by atoms with Crippen LogP contribution in [0.1, 0.15) is 57.9 Å². The Morgan fingerprint density at radius 1 is 0.946 bits per heavy atom. The van der Waals surface area contributed by atoms with Crippen molar-refractivity contribution in [3.05, 3.63) is 48.0 Å². The maximum atomic E-state index is 13.5. The molecule has 1 fully saturated rings. The molecule has 204 valence electrons. The van der Waals surface area contributed by atoms with Crippen molar-refractivity contribution in [3.8, 4) is 0 Å². The molecular weight excluding hydrogens is 491 g/mol. The number of fused-ring (bicyclic) bond motifs is 2. The van der Waals surface area contributed by atoms with Crippen LogP contribution in [0.15, 0.2) is 52.3 Å². The molecule has 1 saturated heterocycles. The first-order valence-corrected chi connectivity index (χ1v) is 14.5. The van der Waals surface area contributed by atoms with Gasteiger partial charge in [-0.15, -0.1) is 0 Å². The third kappa shape index (κ3) is 7.24. The molecule has 0 unspecified atom stereocenters. The van der Waals surface area contributed by atoms with E-state index < -0.39 is 11.7 Å². The van der Waals surface area contributed by atoms with E-state index in [4.69, 9.17) is 0 Å². The van der Waals surface area contributed by atoms with Crippen LogP contribution in [-0.4, -0.2) is 56.6 Å². The molecular formula is C30H42F3N3S. The van der Waals surface area contributed by atoms with Crippen molar-refractivity contribution in [2.75, 3.05) is 51.7 Å². The molecule has 0 atom stereocenters. The number of halogens is 3. The molecule has 2 aromatic carbocycles. The summed E-state index contributed by atoms with van der Waals surface area (Å²) in [5.41, 5.74) is 1.55. The van der Waals surface area contributed by atoms with Crippen LogP contribution >= 0.6 is 11.8 Å². The molecule has 4 rings (SSSR count). The predicted molar refractivity (Wildman–Crippen MR) is 149 cm³/mol. The highest BCUT2D eigenvalue weighted by molar-refractivity contribution is 7.99. The van der Waals surface area contributed by atoms with Crippen LogP contribution in [0.2, 0.25) is 0 Å². The Kier molecular flexibility index (Phi) is 9.18. The quantitative estimate of drug-likeness (QED) is 0.305. The van der Waals surface area contributed by atoms with E-state index in [0.717, 1.165) is 54.0 Å². The van der Waals surface area contributed by atoms with Gasteiger partial charge in [0.1, 0.15) is 0 Å². The maximum absolute atomic E-state index is 13.5. The zero-order valence-corrected chi connectivity index (χ0v) is 23.6. The molecule has 0 aliphatic carbocycles. The van der Waals surface area contributed by atoms with Gasteiger partial charge in [-0.05, 0) is 114 Å². The second-order valence-electron chi connectivity index (χ2n) is 11.6. The summed E-state index contributed by atoms with van der Waals surface area (Å²) in [4.78, 5) is 8.97. The second-order valence-corrected chi connectivity index (χ2v) is 12.7. The lowest BCUT2D eigenvalue weighted by Crippen LogP contribution is -2.42. The molecule has 2 heterocycles. The topological polar surface area (TPSA) is 9.72 Å². The van der Waals surface area contributed by atoms with Gasteiger partial charge in [0.25, 0.3) is 0 Å². The minimum absolute atomic E-state index is 0.445. The molecule has 2 aliphatic heterocycles. The number of para-hydroxylation sites is 1. The van der Waals surface area contributed by atoms with Gasteiger partial charge in [0.05, 0.1) is 16.9 Å². The summed E-state index contributed by atoms with van der Waals surface area (Å²) in [5, 5.41) is 0. The number of alkyl halides is 3. The molecule has 37 heavy (non-hydrogen) atoms. The van der Waals surface area contributed by atoms with E-state index in [0.29, 0.717) is 17.6 Å². The van der Waals surface area contributed by atoms with Gasteiger partial charge in [-0.1, -0.05) is 44.2 Å². The van der Waals surface area contributed by atoms with Gasteiger partial charge in [-0.3, -0.25) is 0 Å². The van der Waals surface area contributed by atoms with Gasteiger partial charge in [-0.25, -0.2) is 0 Å². The van der Waals surface area contributed by atoms with E-state index in [1.165, 1.54) is 44.2 Å². The summed E-state index contributed by atoms with van der Waals surface area (Å²) in [7, 11) is 4.33. The van der Waals surface area contributed by atoms with Crippen molar-refractivity contribution in [3.63, 3.8) is 0 Å². The molecule has 2 aliphatic rings. The number of hydrogen-bond acceptors (Lipinski definition) is 4. The van der Waals surface area contributed by atoms with E-state index >= 15 is 0 Å². The monoisotopic (exact) mass is 533 g/mol. The van der Waals surface area contributed by atoms with E-state index in [-0.39, 0.29) is 0 Å². The average molecular weight is 534 g/mol. The minimum atomic E-state index is -4.34. The van der Waals surface area contributed by atoms with Crippen LogP contribution in [0.3, 0.4) is 0 Å². The Hall–Kier alpha value is -1.70. The minimum Gasteiger partial charge on any atom is -0.340 e. The van der Waals surface area contributed by atoms with Crippen LogP contribution in [0.5, 0.6) is 0 Å². The Labute approximate surface area is 225 Å². The second kappa shape index (κ2) is 12.0. The Morgan fingerprint density at radius 3 is 2.32 bits per heavy atom. The summed E-state index contributed by atoms with van der Waals surface area (Å²) in [6.45, 7) is 9.71. The summed E-state index contributed by atoms with van der Waals surface area (Å²) in [6.07, 6.45) is 2.94. The third-order valence-electron chi connectivity index (χ3n) is 8.07. The fraction of sp³-hybridized carbons (Fsp3) is 0.600. The lowest BCUT2D eigenvalue weighted by molar-refractivity contribution is -0.137. The summed E-state index contributed by atoms with van der Waals surface area (Å²) >= 11 is 1.56. The highest BCUT2D eigenvalue weighted by Gasteiger charge is 2.35. The lowest BCUT2D eigenvalue weighted by atomic mass is 9.71. The van der Waals surface area contributed by atoms with Crippen molar-refractivity contribution < 1.29 is 13.2 Å². The smallest absolute Gasteiger partial charge is 0.340 e. The van der Waals surface area contributed by atoms with E-state index in [1.54, 1.807) is 17.8 Å². The summed E-state index contributed by atoms with van der Waals surface area (Å²) < 4.78 is 40.5. The van der Waals surface area contributed by atoms with Gasteiger partial charge in [-0.2, -0.15) is 13.2 Å². The normalized spacial score (nSPS) is 17.8. The van der Waals surface area contributed by atoms with Gasteiger partial charge in [0.15, 0.2) is 0 Å². The van der Waals surface area contributed by atoms with E-state index in [2.05, 4.69) is 48.7 Å². The number of piperidine rings is 1. The van der Waals surface area contributed by atoms with Crippen molar-refractivity contribution in [2.45, 2.75) is 68.3 Å². The number of likely N-dealkylation sites (tertiary alicyclic amines) is 1. The van der Waals surface area contributed by atoms with E-state index in [9.17, 15) is 13.2 Å². The highest BCUT2D eigenvalue weighted by Crippen LogP contribution is 2.49. The van der Waals surface area contributed by atoms with Crippen molar-refractivity contribution in [1.29, 1.82) is 0 Å². The maximum Gasteiger partial charge on any atom is 0.416 e. The Morgan fingerprint density at radius 2 is 1.65 bits per heavy atom. The fourth-order valence-corrected chi connectivity index (χ4v) is 6.71. The molecule has 0 saturated carbocycles. The standard InChI is InChI=1S/C30H42F3N3S/c1-23(2)12-13-29(14-19-34(3)4)15-20-35(21-16-29)17-7-18-36-25-8-5-6-9-27(25)37-28-11-10-24(22-26(28)36)30(31,32)33/h5-6,8-11,22-23H,7,12-21H2,1-4H3. The SMILES string of the molecule is CC(C)CCC1(CCN(C)C)CCN(CCCN2c3ccccc3Sc3ccc(C(F)(F)F)cc32)CC1. The number of anilines is 2. The molecule has 0 amide bonds. The number of nitrogens with zero attached hydrogens (tertiary/aromatic N) is 3. The molecule has 0 N–H and O–H groups in total. The van der Waals surface area contributed by atoms with E-state index in [1.807, 2.05) is 18.2 Å². The number of hydrogen-bond donors (Lipinski definition) is 0. The van der Waals surface area contributed by atoms with Crippen LogP contribution in [0.4, 0.5) is 24.5 Å². The molecule has 7 heteroatoms. The van der Waals surface area contributed by atoms with Crippen molar-refractivity contribution in [2.24, 2.45) is 11.3 Å². The molecule has 0 spiro atoms. The summed E-state index contributed by atoms with van der Waals surface area (Å²) in [6, 6.07) is 12.2. The fourth-order valence-electron chi connectivity index (χ4n) is 5.63. The zero-order valence-electron chi connectivity index (χ0n) is 22.8. The first-order chi connectivity index (χ1) is 17.6. The lowest BCUT2D eigenvalue weighted by Gasteiger charge is -2.43. The highest BCUT2D eigenvalue weighted by atomic mass is 32.2. The molecule has 0 aromatic heterocycles. The van der Waals surface area contributed by atoms with Crippen LogP contribution in [0, 0.1) is 11.3 Å².